The van der Waals surface area contributed by atoms with Crippen LogP contribution in [0.1, 0.15) is 49.4 Å². The molecule has 0 radical (unpaired) electrons. The number of rotatable bonds is 7. The molecule has 1 aromatic carbocycles. The van der Waals surface area contributed by atoms with Gasteiger partial charge in [0.05, 0.1) is 11.1 Å². The van der Waals surface area contributed by atoms with Crippen LogP contribution in [0.5, 0.6) is 0 Å². The van der Waals surface area contributed by atoms with Gasteiger partial charge in [-0.15, -0.1) is 6.58 Å². The van der Waals surface area contributed by atoms with E-state index in [1.807, 2.05) is 18.4 Å². The lowest BCUT2D eigenvalue weighted by Gasteiger charge is -2.20. The number of allylic oxidation sites excluding steroid dienone is 1. The Labute approximate surface area is 168 Å². The second-order valence-corrected chi connectivity index (χ2v) is 6.92. The van der Waals surface area contributed by atoms with E-state index in [2.05, 4.69) is 6.58 Å². The summed E-state index contributed by atoms with van der Waals surface area (Å²) in [5.41, 5.74) is 2.63. The van der Waals surface area contributed by atoms with Crippen molar-refractivity contribution >= 4 is 23.6 Å². The monoisotopic (exact) mass is 394 g/mol. The van der Waals surface area contributed by atoms with Gasteiger partial charge in [0, 0.05) is 23.5 Å². The van der Waals surface area contributed by atoms with E-state index in [0.717, 1.165) is 16.3 Å². The summed E-state index contributed by atoms with van der Waals surface area (Å²) in [5.74, 6) is -2.26. The largest absolute Gasteiger partial charge is 0.456 e. The molecule has 2 aromatic rings. The van der Waals surface area contributed by atoms with Crippen LogP contribution in [-0.4, -0.2) is 45.7 Å². The molecule has 0 saturated heterocycles. The summed E-state index contributed by atoms with van der Waals surface area (Å²) in [7, 11) is 0. The Morgan fingerprint density at radius 2 is 1.72 bits per heavy atom. The van der Waals surface area contributed by atoms with Gasteiger partial charge in [-0.25, -0.2) is 4.79 Å². The summed E-state index contributed by atoms with van der Waals surface area (Å²) in [6.07, 6.45) is 1.73. The van der Waals surface area contributed by atoms with Crippen molar-refractivity contribution in [2.24, 2.45) is 0 Å². The molecule has 3 rings (SSSR count). The number of imide groups is 1. The Bertz CT molecular complexity index is 999. The van der Waals surface area contributed by atoms with Crippen molar-refractivity contribution < 1.29 is 23.9 Å². The Morgan fingerprint density at radius 1 is 1.14 bits per heavy atom. The molecule has 0 N–H and O–H groups in total. The van der Waals surface area contributed by atoms with Crippen LogP contribution in [0.25, 0.3) is 0 Å². The number of carbonyl (C=O) groups is 4. The highest BCUT2D eigenvalue weighted by Crippen LogP contribution is 2.25. The zero-order valence-corrected chi connectivity index (χ0v) is 16.6. The van der Waals surface area contributed by atoms with Crippen LogP contribution in [0, 0.1) is 13.8 Å². The van der Waals surface area contributed by atoms with Crippen molar-refractivity contribution in [2.75, 3.05) is 6.61 Å². The molecular weight excluding hydrogens is 372 g/mol. The number of Topliss-reactive ketones (excluding diaryl/α,β-unsaturated/α-hetero) is 1. The normalized spacial score (nSPS) is 14.0. The number of benzene rings is 1. The van der Waals surface area contributed by atoms with Crippen molar-refractivity contribution in [3.8, 4) is 0 Å². The van der Waals surface area contributed by atoms with Crippen molar-refractivity contribution in [1.82, 2.24) is 9.47 Å². The van der Waals surface area contributed by atoms with E-state index < -0.39 is 30.4 Å². The molecule has 1 aromatic heterocycles. The van der Waals surface area contributed by atoms with Crippen molar-refractivity contribution in [3.63, 3.8) is 0 Å². The van der Waals surface area contributed by atoms with E-state index in [1.54, 1.807) is 24.3 Å². The molecule has 150 valence electrons. The first-order valence-electron chi connectivity index (χ1n) is 9.22. The van der Waals surface area contributed by atoms with Crippen LogP contribution >= 0.6 is 0 Å². The number of aromatic nitrogens is 1. The molecule has 0 unspecified atom stereocenters. The third-order valence-electron chi connectivity index (χ3n) is 5.09. The fourth-order valence-electron chi connectivity index (χ4n) is 3.49. The molecule has 0 fully saturated rings. The van der Waals surface area contributed by atoms with Crippen molar-refractivity contribution in [2.45, 2.75) is 33.4 Å². The van der Waals surface area contributed by atoms with E-state index in [9.17, 15) is 19.2 Å². The Hall–Kier alpha value is -3.48. The number of ketones is 1. The maximum atomic E-state index is 12.5. The Balaban J connectivity index is 1.68. The fourth-order valence-corrected chi connectivity index (χ4v) is 3.49. The van der Waals surface area contributed by atoms with Crippen LogP contribution < -0.4 is 0 Å². The molecule has 0 saturated carbocycles. The topological polar surface area (TPSA) is 85.7 Å². The number of fused-ring (bicyclic) bond motifs is 1. The van der Waals surface area contributed by atoms with Gasteiger partial charge in [0.2, 0.25) is 5.78 Å². The summed E-state index contributed by atoms with van der Waals surface area (Å²) < 4.78 is 7.06. The summed E-state index contributed by atoms with van der Waals surface area (Å²) in [6.45, 7) is 8.90. The fraction of sp³-hybridized carbons (Fsp3) is 0.273. The molecule has 2 heterocycles. The third kappa shape index (κ3) is 3.51. The third-order valence-corrected chi connectivity index (χ3v) is 5.09. The molecule has 2 amide bonds. The molecule has 7 nitrogen and oxygen atoms in total. The highest BCUT2D eigenvalue weighted by Gasteiger charge is 2.41. The Kier molecular flexibility index (Phi) is 5.50. The van der Waals surface area contributed by atoms with Crippen LogP contribution in [0.15, 0.2) is 43.0 Å². The molecule has 0 bridgehead atoms. The molecule has 29 heavy (non-hydrogen) atoms. The number of hydrogen-bond acceptors (Lipinski definition) is 5. The number of amides is 2. The average molecular weight is 394 g/mol. The van der Waals surface area contributed by atoms with E-state index in [4.69, 9.17) is 4.74 Å². The molecule has 1 atom stereocenters. The summed E-state index contributed by atoms with van der Waals surface area (Å²) in [4.78, 5) is 50.8. The van der Waals surface area contributed by atoms with E-state index in [-0.39, 0.29) is 16.9 Å². The highest BCUT2D eigenvalue weighted by molar-refractivity contribution is 6.22. The van der Waals surface area contributed by atoms with Gasteiger partial charge in [-0.2, -0.15) is 0 Å². The quantitative estimate of drug-likeness (QED) is 0.312. The minimum absolute atomic E-state index is 0.253. The zero-order chi connectivity index (χ0) is 21.3. The van der Waals surface area contributed by atoms with Crippen LogP contribution in [0.3, 0.4) is 0 Å². The van der Waals surface area contributed by atoms with Gasteiger partial charge in [-0.1, -0.05) is 18.2 Å². The first-order chi connectivity index (χ1) is 13.8. The van der Waals surface area contributed by atoms with Gasteiger partial charge in [-0.3, -0.25) is 19.3 Å². The lowest BCUT2D eigenvalue weighted by Crippen LogP contribution is -2.44. The predicted molar refractivity (Wildman–Crippen MR) is 106 cm³/mol. The zero-order valence-electron chi connectivity index (χ0n) is 16.6. The maximum absolute atomic E-state index is 12.5. The minimum Gasteiger partial charge on any atom is -0.456 e. The van der Waals surface area contributed by atoms with Crippen LogP contribution in [0.2, 0.25) is 0 Å². The lowest BCUT2D eigenvalue weighted by molar-refractivity contribution is -0.146. The van der Waals surface area contributed by atoms with Crippen molar-refractivity contribution in [3.05, 3.63) is 71.1 Å². The van der Waals surface area contributed by atoms with Gasteiger partial charge in [0.1, 0.15) is 6.04 Å². The molecule has 0 spiro atoms. The minimum atomic E-state index is -1.14. The van der Waals surface area contributed by atoms with Gasteiger partial charge >= 0.3 is 5.97 Å². The standard InChI is InChI=1S/C22H22N2O5/c1-5-10-23-13(2)11-18(14(23)3)19(25)12-29-22(28)15(4)24-20(26)16-8-6-7-9-17(16)21(24)27/h5-9,11,15H,1,10,12H2,2-4H3/t15-/m0/s1. The van der Waals surface area contributed by atoms with Gasteiger partial charge < -0.3 is 9.30 Å². The van der Waals surface area contributed by atoms with Gasteiger partial charge in [0.15, 0.2) is 6.61 Å². The lowest BCUT2D eigenvalue weighted by atomic mass is 10.1. The predicted octanol–water partition coefficient (Wildman–Crippen LogP) is 2.70. The molecule has 1 aliphatic rings. The number of ether oxygens (including phenoxy) is 1. The number of aryl methyl sites for hydroxylation is 1. The smallest absolute Gasteiger partial charge is 0.329 e. The van der Waals surface area contributed by atoms with E-state index in [0.29, 0.717) is 12.1 Å². The number of hydrogen-bond donors (Lipinski definition) is 0. The molecular formula is C22H22N2O5. The number of esters is 1. The number of nitrogens with zero attached hydrogens (tertiary/aromatic N) is 2. The van der Waals surface area contributed by atoms with Crippen molar-refractivity contribution in [1.29, 1.82) is 0 Å². The van der Waals surface area contributed by atoms with E-state index >= 15 is 0 Å². The maximum Gasteiger partial charge on any atom is 0.329 e. The summed E-state index contributed by atoms with van der Waals surface area (Å²) >= 11 is 0. The highest BCUT2D eigenvalue weighted by atomic mass is 16.5. The summed E-state index contributed by atoms with van der Waals surface area (Å²) in [6, 6.07) is 6.98. The average Bonchev–Trinajstić information content (AvgIpc) is 3.13. The van der Waals surface area contributed by atoms with E-state index in [1.165, 1.54) is 19.1 Å². The van der Waals surface area contributed by atoms with Crippen LogP contribution in [0.4, 0.5) is 0 Å². The van der Waals surface area contributed by atoms with Gasteiger partial charge in [-0.05, 0) is 39.0 Å². The molecule has 1 aliphatic heterocycles. The Morgan fingerprint density at radius 3 is 2.28 bits per heavy atom. The second-order valence-electron chi connectivity index (χ2n) is 6.92. The van der Waals surface area contributed by atoms with Crippen LogP contribution in [-0.2, 0) is 16.1 Å². The summed E-state index contributed by atoms with van der Waals surface area (Å²) in [5, 5.41) is 0. The van der Waals surface area contributed by atoms with Gasteiger partial charge in [0.25, 0.3) is 11.8 Å². The number of carbonyl (C=O) groups excluding carboxylic acids is 4. The molecule has 0 aliphatic carbocycles. The second kappa shape index (κ2) is 7.87. The first kappa shape index (κ1) is 20.3. The first-order valence-corrected chi connectivity index (χ1v) is 9.22. The SMILES string of the molecule is C=CCn1c(C)cc(C(=O)COC(=O)[C@H](C)N2C(=O)c3ccccc3C2=O)c1C. The molecule has 7 heteroatoms.